The highest BCUT2D eigenvalue weighted by Crippen LogP contribution is 2.38. The van der Waals surface area contributed by atoms with Crippen LogP contribution in [-0.4, -0.2) is 29.7 Å². The van der Waals surface area contributed by atoms with Gasteiger partial charge in [0.2, 0.25) is 15.8 Å². The van der Waals surface area contributed by atoms with Gasteiger partial charge in [0, 0.05) is 6.54 Å². The quantitative estimate of drug-likeness (QED) is 0.762. The van der Waals surface area contributed by atoms with Crippen molar-refractivity contribution in [1.29, 1.82) is 0 Å². The van der Waals surface area contributed by atoms with Crippen LogP contribution in [0, 0.1) is 0 Å². The van der Waals surface area contributed by atoms with Gasteiger partial charge in [-0.3, -0.25) is 0 Å². The van der Waals surface area contributed by atoms with Gasteiger partial charge >= 0.3 is 0 Å². The number of ether oxygens (including phenoxy) is 3. The molecule has 0 unspecified atom stereocenters. The Bertz CT molecular complexity index is 826. The monoisotopic (exact) mass is 405 g/mol. The van der Waals surface area contributed by atoms with Crippen LogP contribution in [0.3, 0.4) is 0 Å². The summed E-state index contributed by atoms with van der Waals surface area (Å²) in [5.41, 5.74) is 0.612. The smallest absolute Gasteiger partial charge is 0.243 e. The van der Waals surface area contributed by atoms with E-state index in [0.717, 1.165) is 0 Å². The van der Waals surface area contributed by atoms with Crippen molar-refractivity contribution < 1.29 is 22.6 Å². The van der Waals surface area contributed by atoms with Crippen molar-refractivity contribution in [2.45, 2.75) is 11.4 Å². The van der Waals surface area contributed by atoms with Crippen LogP contribution in [0.1, 0.15) is 5.56 Å². The van der Waals surface area contributed by atoms with Crippen LogP contribution in [0.5, 0.6) is 17.2 Å². The first-order valence-corrected chi connectivity index (χ1v) is 9.30. The summed E-state index contributed by atoms with van der Waals surface area (Å²) in [6.07, 6.45) is 0. The maximum Gasteiger partial charge on any atom is 0.243 e. The molecule has 136 valence electrons. The van der Waals surface area contributed by atoms with E-state index >= 15 is 0 Å². The molecule has 0 fully saturated rings. The van der Waals surface area contributed by atoms with Crippen molar-refractivity contribution >= 4 is 33.2 Å². The Labute approximate surface area is 156 Å². The molecular formula is C16H17Cl2NO5S. The van der Waals surface area contributed by atoms with E-state index in [4.69, 9.17) is 37.4 Å². The summed E-state index contributed by atoms with van der Waals surface area (Å²) < 4.78 is 43.2. The van der Waals surface area contributed by atoms with Crippen molar-refractivity contribution in [3.8, 4) is 17.2 Å². The van der Waals surface area contributed by atoms with Crippen molar-refractivity contribution in [3.05, 3.63) is 45.9 Å². The molecule has 0 spiro atoms. The lowest BCUT2D eigenvalue weighted by Gasteiger charge is -2.15. The Morgan fingerprint density at radius 2 is 1.48 bits per heavy atom. The van der Waals surface area contributed by atoms with Crippen LogP contribution in [0.15, 0.2) is 35.2 Å². The van der Waals surface area contributed by atoms with Gasteiger partial charge < -0.3 is 14.2 Å². The number of hydrogen-bond acceptors (Lipinski definition) is 5. The maximum atomic E-state index is 12.5. The molecule has 2 aromatic rings. The first kappa shape index (κ1) is 19.7. The van der Waals surface area contributed by atoms with Gasteiger partial charge in [-0.15, -0.1) is 0 Å². The van der Waals surface area contributed by atoms with E-state index in [2.05, 4.69) is 4.72 Å². The highest BCUT2D eigenvalue weighted by atomic mass is 35.5. The zero-order valence-electron chi connectivity index (χ0n) is 13.8. The summed E-state index contributed by atoms with van der Waals surface area (Å²) >= 11 is 11.9. The zero-order chi connectivity index (χ0) is 18.6. The molecule has 0 saturated carbocycles. The lowest BCUT2D eigenvalue weighted by Crippen LogP contribution is -2.24. The standard InChI is InChI=1S/C16H17Cl2NO5S/c1-22-13-7-10(8-14(23-2)15(13)24-3)9-19-25(20,21)16-11(17)5-4-6-12(16)18/h4-8,19H,9H2,1-3H3. The second kappa shape index (κ2) is 8.14. The van der Waals surface area contributed by atoms with Gasteiger partial charge in [-0.1, -0.05) is 29.3 Å². The average Bonchev–Trinajstić information content (AvgIpc) is 2.58. The molecule has 0 aliphatic carbocycles. The van der Waals surface area contributed by atoms with E-state index in [1.165, 1.54) is 33.5 Å². The second-order valence-corrected chi connectivity index (χ2v) is 7.43. The number of hydrogen-bond donors (Lipinski definition) is 1. The summed E-state index contributed by atoms with van der Waals surface area (Å²) in [4.78, 5) is -0.161. The van der Waals surface area contributed by atoms with Gasteiger partial charge in [-0.2, -0.15) is 0 Å². The fraction of sp³-hybridized carbons (Fsp3) is 0.250. The van der Waals surface area contributed by atoms with E-state index in [1.54, 1.807) is 18.2 Å². The molecule has 25 heavy (non-hydrogen) atoms. The van der Waals surface area contributed by atoms with Crippen LogP contribution < -0.4 is 18.9 Å². The number of halogens is 2. The average molecular weight is 406 g/mol. The van der Waals surface area contributed by atoms with Crippen LogP contribution in [-0.2, 0) is 16.6 Å². The van der Waals surface area contributed by atoms with Crippen molar-refractivity contribution in [2.24, 2.45) is 0 Å². The lowest BCUT2D eigenvalue weighted by atomic mass is 10.2. The van der Waals surface area contributed by atoms with E-state index in [9.17, 15) is 8.42 Å². The molecular weight excluding hydrogens is 389 g/mol. The van der Waals surface area contributed by atoms with Crippen molar-refractivity contribution in [3.63, 3.8) is 0 Å². The normalized spacial score (nSPS) is 11.2. The summed E-state index contributed by atoms with van der Waals surface area (Å²) in [6, 6.07) is 7.79. The Morgan fingerprint density at radius 3 is 1.92 bits per heavy atom. The summed E-state index contributed by atoms with van der Waals surface area (Å²) in [5, 5.41) is 0.0924. The Kier molecular flexibility index (Phi) is 6.40. The molecule has 0 aromatic heterocycles. The topological polar surface area (TPSA) is 73.9 Å². The molecule has 0 bridgehead atoms. The van der Waals surface area contributed by atoms with Crippen molar-refractivity contribution in [1.82, 2.24) is 4.72 Å². The first-order valence-electron chi connectivity index (χ1n) is 7.06. The third-order valence-electron chi connectivity index (χ3n) is 3.38. The minimum absolute atomic E-state index is 0.0133. The second-order valence-electron chi connectivity index (χ2n) is 4.91. The molecule has 0 aliphatic heterocycles. The minimum atomic E-state index is -3.90. The fourth-order valence-corrected chi connectivity index (χ4v) is 4.38. The van der Waals surface area contributed by atoms with Gasteiger partial charge in [0.05, 0.1) is 31.4 Å². The number of benzene rings is 2. The number of methoxy groups -OCH3 is 3. The third kappa shape index (κ3) is 4.30. The minimum Gasteiger partial charge on any atom is -0.493 e. The predicted molar refractivity (Wildman–Crippen MR) is 96.6 cm³/mol. The highest BCUT2D eigenvalue weighted by Gasteiger charge is 2.22. The molecule has 0 amide bonds. The highest BCUT2D eigenvalue weighted by molar-refractivity contribution is 7.89. The molecule has 6 nitrogen and oxygen atoms in total. The zero-order valence-corrected chi connectivity index (χ0v) is 16.1. The van der Waals surface area contributed by atoms with Gasteiger partial charge in [0.25, 0.3) is 0 Å². The molecule has 0 atom stereocenters. The maximum absolute atomic E-state index is 12.5. The Hall–Kier alpha value is -1.67. The van der Waals surface area contributed by atoms with Crippen molar-refractivity contribution in [2.75, 3.05) is 21.3 Å². The summed E-state index contributed by atoms with van der Waals surface area (Å²) in [6.45, 7) is -0.0133. The van der Waals surface area contributed by atoms with Crippen LogP contribution in [0.4, 0.5) is 0 Å². The van der Waals surface area contributed by atoms with E-state index in [-0.39, 0.29) is 21.5 Å². The Morgan fingerprint density at radius 1 is 0.960 bits per heavy atom. The number of rotatable bonds is 7. The summed E-state index contributed by atoms with van der Waals surface area (Å²) in [7, 11) is 0.549. The molecule has 9 heteroatoms. The van der Waals surface area contributed by atoms with Gasteiger partial charge in [0.15, 0.2) is 11.5 Å². The SMILES string of the molecule is COc1cc(CNS(=O)(=O)c2c(Cl)cccc2Cl)cc(OC)c1OC. The van der Waals surface area contributed by atoms with E-state index in [0.29, 0.717) is 22.8 Å². The van der Waals surface area contributed by atoms with Crippen LogP contribution in [0.2, 0.25) is 10.0 Å². The largest absolute Gasteiger partial charge is 0.493 e. The van der Waals surface area contributed by atoms with E-state index < -0.39 is 10.0 Å². The van der Waals surface area contributed by atoms with Gasteiger partial charge in [-0.05, 0) is 29.8 Å². The molecule has 2 aromatic carbocycles. The number of sulfonamides is 1. The molecule has 2 rings (SSSR count). The van der Waals surface area contributed by atoms with Crippen LogP contribution in [0.25, 0.3) is 0 Å². The van der Waals surface area contributed by atoms with E-state index in [1.807, 2.05) is 0 Å². The molecule has 0 aliphatic rings. The third-order valence-corrected chi connectivity index (χ3v) is 5.73. The summed E-state index contributed by atoms with van der Waals surface area (Å²) in [5.74, 6) is 1.27. The molecule has 0 radical (unpaired) electrons. The first-order chi connectivity index (χ1) is 11.8. The fourth-order valence-electron chi connectivity index (χ4n) is 2.23. The molecule has 1 N–H and O–H groups in total. The predicted octanol–water partition coefficient (Wildman–Crippen LogP) is 3.50. The van der Waals surface area contributed by atoms with Gasteiger partial charge in [0.1, 0.15) is 4.90 Å². The van der Waals surface area contributed by atoms with Gasteiger partial charge in [-0.25, -0.2) is 13.1 Å². The Balaban J connectivity index is 2.32. The van der Waals surface area contributed by atoms with Crippen LogP contribution >= 0.6 is 23.2 Å². The number of nitrogens with one attached hydrogen (secondary N) is 1. The molecule has 0 saturated heterocycles. The lowest BCUT2D eigenvalue weighted by molar-refractivity contribution is 0.323. The molecule has 0 heterocycles.